The average Bonchev–Trinajstić information content (AvgIpc) is 2.72. The summed E-state index contributed by atoms with van der Waals surface area (Å²) in [6, 6.07) is 16.3. The number of hydrazine groups is 1. The zero-order chi connectivity index (χ0) is 20.2. The Morgan fingerprint density at radius 3 is 2.36 bits per heavy atom. The van der Waals surface area contributed by atoms with Gasteiger partial charge in [-0.3, -0.25) is 25.8 Å². The fourth-order valence-electron chi connectivity index (χ4n) is 2.24. The predicted molar refractivity (Wildman–Crippen MR) is 110 cm³/mol. The summed E-state index contributed by atoms with van der Waals surface area (Å²) in [6.07, 6.45) is 0.921. The van der Waals surface area contributed by atoms with E-state index < -0.39 is 0 Å². The standard InChI is InChI=1S/C20H23N3O4S/c1-26-13-14-27-17-10-8-16(9-11-17)19(25)21-20(28)23-22-18(24)12-7-15-5-3-2-4-6-15/h2-6,8-11H,7,12-14H2,1H3,(H,22,24)(H2,21,23,25,28). The molecule has 8 heteroatoms. The summed E-state index contributed by atoms with van der Waals surface area (Å²) in [6.45, 7) is 0.916. The number of benzene rings is 2. The molecular weight excluding hydrogens is 378 g/mol. The number of amides is 2. The second kappa shape index (κ2) is 11.7. The lowest BCUT2D eigenvalue weighted by Gasteiger charge is -2.11. The van der Waals surface area contributed by atoms with Gasteiger partial charge < -0.3 is 9.47 Å². The molecule has 2 aromatic carbocycles. The van der Waals surface area contributed by atoms with Gasteiger partial charge in [-0.2, -0.15) is 0 Å². The second-order valence-corrected chi connectivity index (χ2v) is 6.22. The number of methoxy groups -OCH3 is 1. The number of ether oxygens (including phenoxy) is 2. The molecule has 0 atom stereocenters. The van der Waals surface area contributed by atoms with E-state index >= 15 is 0 Å². The molecule has 0 aliphatic carbocycles. The van der Waals surface area contributed by atoms with E-state index in [0.29, 0.717) is 37.4 Å². The first-order chi connectivity index (χ1) is 13.6. The molecule has 2 amide bonds. The number of hydrogen-bond donors (Lipinski definition) is 3. The minimum atomic E-state index is -0.389. The van der Waals surface area contributed by atoms with Crippen molar-refractivity contribution in [1.82, 2.24) is 16.2 Å². The van der Waals surface area contributed by atoms with Gasteiger partial charge in [-0.1, -0.05) is 30.3 Å². The Morgan fingerprint density at radius 1 is 0.964 bits per heavy atom. The van der Waals surface area contributed by atoms with Crippen molar-refractivity contribution >= 4 is 29.1 Å². The van der Waals surface area contributed by atoms with Crippen LogP contribution in [0.25, 0.3) is 0 Å². The van der Waals surface area contributed by atoms with Gasteiger partial charge in [0.25, 0.3) is 5.91 Å². The van der Waals surface area contributed by atoms with Crippen LogP contribution in [-0.4, -0.2) is 37.3 Å². The molecule has 0 fully saturated rings. The van der Waals surface area contributed by atoms with Crippen LogP contribution >= 0.6 is 12.2 Å². The smallest absolute Gasteiger partial charge is 0.257 e. The number of thiocarbonyl (C=S) groups is 1. The Balaban J connectivity index is 1.70. The molecule has 0 radical (unpaired) electrons. The molecule has 3 N–H and O–H groups in total. The fourth-order valence-corrected chi connectivity index (χ4v) is 2.39. The number of rotatable bonds is 8. The molecule has 28 heavy (non-hydrogen) atoms. The van der Waals surface area contributed by atoms with Gasteiger partial charge in [0.1, 0.15) is 12.4 Å². The first kappa shape index (κ1) is 21.3. The van der Waals surface area contributed by atoms with Crippen LogP contribution in [-0.2, 0) is 16.0 Å². The third-order valence-electron chi connectivity index (χ3n) is 3.70. The summed E-state index contributed by atoms with van der Waals surface area (Å²) in [5, 5.41) is 2.52. The summed E-state index contributed by atoms with van der Waals surface area (Å²) in [4.78, 5) is 24.0. The van der Waals surface area contributed by atoms with Gasteiger partial charge in [0.2, 0.25) is 5.91 Å². The molecule has 0 aliphatic heterocycles. The molecule has 0 saturated carbocycles. The molecule has 0 spiro atoms. The SMILES string of the molecule is COCCOc1ccc(C(=O)NC(=S)NNC(=O)CCc2ccccc2)cc1. The van der Waals surface area contributed by atoms with Crippen molar-refractivity contribution in [3.63, 3.8) is 0 Å². The van der Waals surface area contributed by atoms with E-state index in [4.69, 9.17) is 21.7 Å². The third kappa shape index (κ3) is 7.73. The van der Waals surface area contributed by atoms with E-state index in [1.165, 1.54) is 0 Å². The molecular formula is C20H23N3O4S. The maximum absolute atomic E-state index is 12.2. The van der Waals surface area contributed by atoms with E-state index in [1.54, 1.807) is 31.4 Å². The highest BCUT2D eigenvalue weighted by molar-refractivity contribution is 7.80. The zero-order valence-corrected chi connectivity index (χ0v) is 16.4. The predicted octanol–water partition coefficient (Wildman–Crippen LogP) is 1.98. The topological polar surface area (TPSA) is 88.7 Å². The third-order valence-corrected chi connectivity index (χ3v) is 3.90. The van der Waals surface area contributed by atoms with E-state index in [9.17, 15) is 9.59 Å². The Morgan fingerprint density at radius 2 is 1.68 bits per heavy atom. The van der Waals surface area contributed by atoms with Crippen molar-refractivity contribution in [2.24, 2.45) is 0 Å². The van der Waals surface area contributed by atoms with Crippen LogP contribution in [0.4, 0.5) is 0 Å². The fraction of sp³-hybridized carbons (Fsp3) is 0.250. The van der Waals surface area contributed by atoms with E-state index in [0.717, 1.165) is 5.56 Å². The van der Waals surface area contributed by atoms with Crippen LogP contribution in [0.2, 0.25) is 0 Å². The van der Waals surface area contributed by atoms with Gasteiger partial charge in [0.15, 0.2) is 5.11 Å². The quantitative estimate of drug-likeness (QED) is 0.356. The van der Waals surface area contributed by atoms with Gasteiger partial charge >= 0.3 is 0 Å². The van der Waals surface area contributed by atoms with Crippen molar-refractivity contribution in [1.29, 1.82) is 0 Å². The van der Waals surface area contributed by atoms with Crippen LogP contribution in [0.5, 0.6) is 5.75 Å². The number of hydrogen-bond acceptors (Lipinski definition) is 5. The zero-order valence-electron chi connectivity index (χ0n) is 15.6. The van der Waals surface area contributed by atoms with Crippen molar-refractivity contribution in [3.05, 3.63) is 65.7 Å². The van der Waals surface area contributed by atoms with E-state index in [2.05, 4.69) is 16.2 Å². The highest BCUT2D eigenvalue weighted by atomic mass is 32.1. The molecule has 0 bridgehead atoms. The lowest BCUT2D eigenvalue weighted by molar-refractivity contribution is -0.121. The first-order valence-electron chi connectivity index (χ1n) is 8.74. The van der Waals surface area contributed by atoms with Crippen molar-refractivity contribution in [2.45, 2.75) is 12.8 Å². The van der Waals surface area contributed by atoms with E-state index in [1.807, 2.05) is 30.3 Å². The molecule has 0 aromatic heterocycles. The second-order valence-electron chi connectivity index (χ2n) is 5.81. The number of carbonyl (C=O) groups excluding carboxylic acids is 2. The molecule has 148 valence electrons. The number of carbonyl (C=O) groups is 2. The van der Waals surface area contributed by atoms with Crippen LogP contribution < -0.4 is 20.9 Å². The summed E-state index contributed by atoms with van der Waals surface area (Å²) < 4.78 is 10.3. The summed E-state index contributed by atoms with van der Waals surface area (Å²) in [5.41, 5.74) is 6.48. The van der Waals surface area contributed by atoms with Crippen molar-refractivity contribution < 1.29 is 19.1 Å². The normalized spacial score (nSPS) is 10.0. The average molecular weight is 401 g/mol. The van der Waals surface area contributed by atoms with Crippen molar-refractivity contribution in [2.75, 3.05) is 20.3 Å². The highest BCUT2D eigenvalue weighted by Crippen LogP contribution is 2.12. The maximum Gasteiger partial charge on any atom is 0.257 e. The Kier molecular flexibility index (Phi) is 8.90. The molecule has 2 aromatic rings. The summed E-state index contributed by atoms with van der Waals surface area (Å²) in [7, 11) is 1.60. The Labute approximate surface area is 169 Å². The van der Waals surface area contributed by atoms with Crippen LogP contribution in [0.15, 0.2) is 54.6 Å². The first-order valence-corrected chi connectivity index (χ1v) is 9.15. The maximum atomic E-state index is 12.2. The Hall–Kier alpha value is -2.97. The monoisotopic (exact) mass is 401 g/mol. The van der Waals surface area contributed by atoms with Crippen LogP contribution in [0.1, 0.15) is 22.3 Å². The van der Waals surface area contributed by atoms with E-state index in [-0.39, 0.29) is 16.9 Å². The minimum absolute atomic E-state index is 0.0125. The molecule has 0 unspecified atom stereocenters. The largest absolute Gasteiger partial charge is 0.491 e. The van der Waals surface area contributed by atoms with Gasteiger partial charge in [-0.05, 0) is 48.5 Å². The van der Waals surface area contributed by atoms with Gasteiger partial charge in [-0.25, -0.2) is 0 Å². The molecule has 0 aliphatic rings. The molecule has 7 nitrogen and oxygen atoms in total. The van der Waals surface area contributed by atoms with Crippen molar-refractivity contribution in [3.8, 4) is 5.75 Å². The lowest BCUT2D eigenvalue weighted by Crippen LogP contribution is -2.48. The number of nitrogens with one attached hydrogen (secondary N) is 3. The molecule has 2 rings (SSSR count). The van der Waals surface area contributed by atoms with Crippen LogP contribution in [0.3, 0.4) is 0 Å². The minimum Gasteiger partial charge on any atom is -0.491 e. The summed E-state index contributed by atoms with van der Waals surface area (Å²) >= 11 is 5.03. The van der Waals surface area contributed by atoms with Gasteiger partial charge in [0.05, 0.1) is 6.61 Å². The molecule has 0 saturated heterocycles. The highest BCUT2D eigenvalue weighted by Gasteiger charge is 2.09. The van der Waals surface area contributed by atoms with Crippen LogP contribution in [0, 0.1) is 0 Å². The van der Waals surface area contributed by atoms with Gasteiger partial charge in [0, 0.05) is 19.1 Å². The number of aryl methyl sites for hydroxylation is 1. The Bertz CT molecular complexity index is 782. The summed E-state index contributed by atoms with van der Waals surface area (Å²) in [5.74, 6) is 0.0254. The lowest BCUT2D eigenvalue weighted by atomic mass is 10.1. The molecule has 0 heterocycles. The van der Waals surface area contributed by atoms with Gasteiger partial charge in [-0.15, -0.1) is 0 Å².